The Hall–Kier alpha value is -1.36. The second kappa shape index (κ2) is 5.65. The third-order valence-corrected chi connectivity index (χ3v) is 2.37. The van der Waals surface area contributed by atoms with Crippen LogP contribution >= 0.6 is 0 Å². The van der Waals surface area contributed by atoms with Crippen molar-refractivity contribution >= 4 is 5.82 Å². The molecule has 0 radical (unpaired) electrons. The van der Waals surface area contributed by atoms with Gasteiger partial charge in [0.1, 0.15) is 12.0 Å². The highest BCUT2D eigenvalue weighted by Gasteiger charge is 2.23. The molecule has 0 spiro atoms. The van der Waals surface area contributed by atoms with Gasteiger partial charge >= 0.3 is 5.69 Å². The van der Waals surface area contributed by atoms with Crippen LogP contribution < -0.4 is 11.4 Å². The summed E-state index contributed by atoms with van der Waals surface area (Å²) in [5.41, 5.74) is 5.04. The molecular weight excluding hydrogens is 206 g/mol. The number of rotatable bonds is 1. The fourth-order valence-electron chi connectivity index (χ4n) is 1.63. The number of nitrogen functional groups attached to an aromatic ring is 1. The summed E-state index contributed by atoms with van der Waals surface area (Å²) in [4.78, 5) is 15.1. The zero-order valence-electron chi connectivity index (χ0n) is 10.0. The molecule has 0 aromatic carbocycles. The fraction of sp³-hybridized carbons (Fsp3) is 0.636. The van der Waals surface area contributed by atoms with Crippen LogP contribution in [-0.2, 0) is 4.74 Å². The largest absolute Gasteiger partial charge is 0.383 e. The molecule has 2 N–H and O–H groups in total. The van der Waals surface area contributed by atoms with Gasteiger partial charge in [0.25, 0.3) is 0 Å². The molecule has 5 nitrogen and oxygen atoms in total. The summed E-state index contributed by atoms with van der Waals surface area (Å²) in [7, 11) is 0. The van der Waals surface area contributed by atoms with Crippen LogP contribution in [-0.4, -0.2) is 15.7 Å². The number of anilines is 1. The molecule has 2 heterocycles. The molecule has 1 aliphatic heterocycles. The molecule has 2 unspecified atom stereocenters. The van der Waals surface area contributed by atoms with Gasteiger partial charge in [0.2, 0.25) is 0 Å². The first-order valence-corrected chi connectivity index (χ1v) is 5.67. The molecule has 2 atom stereocenters. The van der Waals surface area contributed by atoms with Gasteiger partial charge in [-0.3, -0.25) is 4.57 Å². The van der Waals surface area contributed by atoms with Crippen LogP contribution in [0, 0.1) is 0 Å². The van der Waals surface area contributed by atoms with Crippen LogP contribution in [0.2, 0.25) is 0 Å². The van der Waals surface area contributed by atoms with E-state index in [0.717, 1.165) is 12.8 Å². The molecule has 1 aliphatic rings. The molecule has 16 heavy (non-hydrogen) atoms. The van der Waals surface area contributed by atoms with Crippen LogP contribution in [0.4, 0.5) is 5.82 Å². The van der Waals surface area contributed by atoms with Gasteiger partial charge < -0.3 is 10.5 Å². The summed E-state index contributed by atoms with van der Waals surface area (Å²) in [5, 5.41) is 0. The predicted octanol–water partition coefficient (Wildman–Crippen LogP) is 1.55. The van der Waals surface area contributed by atoms with Crippen molar-refractivity contribution in [3.63, 3.8) is 0 Å². The maximum atomic E-state index is 11.4. The molecule has 2 rings (SSSR count). The number of aromatic nitrogens is 2. The summed E-state index contributed by atoms with van der Waals surface area (Å²) >= 11 is 0. The summed E-state index contributed by atoms with van der Waals surface area (Å²) in [6, 6.07) is 1.60. The third kappa shape index (κ3) is 2.82. The smallest absolute Gasteiger partial charge is 0.351 e. The van der Waals surface area contributed by atoms with E-state index < -0.39 is 0 Å². The van der Waals surface area contributed by atoms with Crippen molar-refractivity contribution in [2.45, 2.75) is 45.9 Å². The standard InChI is InChI=1S/C9H13N3O2.C2H6/c1-6-2-3-8(14-6)12-5-4-7(10)11-9(12)13;1-2/h4-6,8H,2-3H2,1H3,(H2,10,11,13);1-2H3. The Morgan fingerprint density at radius 1 is 1.50 bits per heavy atom. The first-order chi connectivity index (χ1) is 7.66. The minimum Gasteiger partial charge on any atom is -0.383 e. The average molecular weight is 225 g/mol. The molecule has 0 aliphatic carbocycles. The van der Waals surface area contributed by atoms with Gasteiger partial charge in [-0.25, -0.2) is 4.79 Å². The van der Waals surface area contributed by atoms with Gasteiger partial charge in [0.15, 0.2) is 0 Å². The van der Waals surface area contributed by atoms with Crippen molar-refractivity contribution in [3.8, 4) is 0 Å². The maximum absolute atomic E-state index is 11.4. The highest BCUT2D eigenvalue weighted by Crippen LogP contribution is 2.26. The van der Waals surface area contributed by atoms with E-state index in [-0.39, 0.29) is 23.8 Å². The number of ether oxygens (including phenoxy) is 1. The van der Waals surface area contributed by atoms with E-state index >= 15 is 0 Å². The number of nitrogens with two attached hydrogens (primary N) is 1. The second-order valence-electron chi connectivity index (χ2n) is 3.52. The van der Waals surface area contributed by atoms with Gasteiger partial charge in [0, 0.05) is 6.20 Å². The summed E-state index contributed by atoms with van der Waals surface area (Å²) in [6.07, 6.45) is 3.50. The lowest BCUT2D eigenvalue weighted by Crippen LogP contribution is -2.27. The van der Waals surface area contributed by atoms with Gasteiger partial charge in [0.05, 0.1) is 6.10 Å². The van der Waals surface area contributed by atoms with Crippen molar-refractivity contribution in [3.05, 3.63) is 22.7 Å². The topological polar surface area (TPSA) is 70.1 Å². The van der Waals surface area contributed by atoms with Crippen LogP contribution in [0.5, 0.6) is 0 Å². The molecule has 1 fully saturated rings. The quantitative estimate of drug-likeness (QED) is 0.787. The monoisotopic (exact) mass is 225 g/mol. The van der Waals surface area contributed by atoms with E-state index in [0.29, 0.717) is 0 Å². The minimum absolute atomic E-state index is 0.175. The summed E-state index contributed by atoms with van der Waals surface area (Å²) < 4.78 is 7.04. The number of hydrogen-bond acceptors (Lipinski definition) is 4. The van der Waals surface area contributed by atoms with Crippen LogP contribution in [0.25, 0.3) is 0 Å². The van der Waals surface area contributed by atoms with E-state index in [1.54, 1.807) is 12.3 Å². The van der Waals surface area contributed by atoms with Gasteiger partial charge in [-0.05, 0) is 25.8 Å². The van der Waals surface area contributed by atoms with Gasteiger partial charge in [-0.1, -0.05) is 13.8 Å². The Morgan fingerprint density at radius 3 is 2.69 bits per heavy atom. The Bertz CT molecular complexity index is 389. The molecule has 0 bridgehead atoms. The van der Waals surface area contributed by atoms with Crippen molar-refractivity contribution < 1.29 is 4.74 Å². The maximum Gasteiger partial charge on any atom is 0.351 e. The van der Waals surface area contributed by atoms with E-state index in [4.69, 9.17) is 10.5 Å². The van der Waals surface area contributed by atoms with Gasteiger partial charge in [-0.15, -0.1) is 0 Å². The summed E-state index contributed by atoms with van der Waals surface area (Å²) in [5.74, 6) is 0.247. The lowest BCUT2D eigenvalue weighted by Gasteiger charge is -2.13. The zero-order chi connectivity index (χ0) is 12.1. The molecule has 5 heteroatoms. The van der Waals surface area contributed by atoms with Crippen molar-refractivity contribution in [1.29, 1.82) is 0 Å². The zero-order valence-corrected chi connectivity index (χ0v) is 10.0. The Balaban J connectivity index is 0.000000606. The lowest BCUT2D eigenvalue weighted by atomic mass is 10.2. The van der Waals surface area contributed by atoms with Gasteiger partial charge in [-0.2, -0.15) is 4.98 Å². The van der Waals surface area contributed by atoms with Crippen molar-refractivity contribution in [2.24, 2.45) is 0 Å². The number of hydrogen-bond donors (Lipinski definition) is 1. The molecule has 1 aromatic heterocycles. The highest BCUT2D eigenvalue weighted by atomic mass is 16.5. The first-order valence-electron chi connectivity index (χ1n) is 5.67. The van der Waals surface area contributed by atoms with E-state index in [1.807, 2.05) is 20.8 Å². The molecule has 0 amide bonds. The molecular formula is C11H19N3O2. The van der Waals surface area contributed by atoms with Crippen LogP contribution in [0.1, 0.15) is 39.8 Å². The summed E-state index contributed by atoms with van der Waals surface area (Å²) in [6.45, 7) is 6.00. The Morgan fingerprint density at radius 2 is 2.19 bits per heavy atom. The Labute approximate surface area is 95.3 Å². The van der Waals surface area contributed by atoms with E-state index in [1.165, 1.54) is 4.57 Å². The molecule has 90 valence electrons. The fourth-order valence-corrected chi connectivity index (χ4v) is 1.63. The number of nitrogens with zero attached hydrogens (tertiary/aromatic N) is 2. The Kier molecular flexibility index (Phi) is 4.49. The first kappa shape index (κ1) is 12.7. The molecule has 1 saturated heterocycles. The van der Waals surface area contributed by atoms with Crippen molar-refractivity contribution in [2.75, 3.05) is 5.73 Å². The normalized spacial score (nSPS) is 23.7. The van der Waals surface area contributed by atoms with E-state index in [9.17, 15) is 4.79 Å². The minimum atomic E-state index is -0.343. The van der Waals surface area contributed by atoms with Crippen LogP contribution in [0.15, 0.2) is 17.1 Å². The molecule has 1 aromatic rings. The lowest BCUT2D eigenvalue weighted by molar-refractivity contribution is 0.00806. The highest BCUT2D eigenvalue weighted by molar-refractivity contribution is 5.23. The second-order valence-corrected chi connectivity index (χ2v) is 3.52. The molecule has 0 saturated carbocycles. The third-order valence-electron chi connectivity index (χ3n) is 2.37. The van der Waals surface area contributed by atoms with Crippen molar-refractivity contribution in [1.82, 2.24) is 9.55 Å². The predicted molar refractivity (Wildman–Crippen MR) is 63.1 cm³/mol. The SMILES string of the molecule is CC.CC1CCC(n2ccc(N)nc2=O)O1. The average Bonchev–Trinajstić information content (AvgIpc) is 2.68. The van der Waals surface area contributed by atoms with Crippen LogP contribution in [0.3, 0.4) is 0 Å². The van der Waals surface area contributed by atoms with E-state index in [2.05, 4.69) is 4.98 Å².